The minimum atomic E-state index is -0.858. The number of halogens is 1. The molecule has 0 aromatic heterocycles. The predicted octanol–water partition coefficient (Wildman–Crippen LogP) is 3.55. The maximum atomic E-state index is 12.2. The number of carboxylic acids is 1. The molecule has 5 heteroatoms. The van der Waals surface area contributed by atoms with Gasteiger partial charge in [-0.05, 0) is 37.0 Å². The number of aliphatic carboxylic acids is 1. The van der Waals surface area contributed by atoms with Crippen molar-refractivity contribution in [3.63, 3.8) is 0 Å². The summed E-state index contributed by atoms with van der Waals surface area (Å²) in [6.07, 6.45) is 2.87. The van der Waals surface area contributed by atoms with Crippen LogP contribution in [0, 0.1) is 5.41 Å². The van der Waals surface area contributed by atoms with Crippen LogP contribution in [0.1, 0.15) is 50.6 Å². The Balaban J connectivity index is 2.00. The van der Waals surface area contributed by atoms with E-state index in [0.717, 1.165) is 18.4 Å². The van der Waals surface area contributed by atoms with Crippen LogP contribution in [0.15, 0.2) is 24.3 Å². The number of rotatable bonds is 6. The maximum absolute atomic E-state index is 12.2. The normalized spacial score (nSPS) is 17.6. The standard InChI is InChI=1S/C16H20ClNO3/c1-2-13(11-4-6-12(17)7-5-11)18-14(19)10-16(15(20)21)8-3-9-16/h4-7,13H,2-3,8-10H2,1H3,(H,18,19)(H,20,21). The highest BCUT2D eigenvalue weighted by atomic mass is 35.5. The molecule has 1 unspecified atom stereocenters. The molecule has 0 bridgehead atoms. The zero-order valence-corrected chi connectivity index (χ0v) is 12.8. The highest BCUT2D eigenvalue weighted by Gasteiger charge is 2.46. The summed E-state index contributed by atoms with van der Waals surface area (Å²) in [5.41, 5.74) is 0.135. The number of benzene rings is 1. The molecule has 1 aromatic rings. The van der Waals surface area contributed by atoms with Crippen molar-refractivity contribution in [3.05, 3.63) is 34.9 Å². The van der Waals surface area contributed by atoms with Crippen molar-refractivity contribution in [2.24, 2.45) is 5.41 Å². The molecule has 0 heterocycles. The summed E-state index contributed by atoms with van der Waals surface area (Å²) in [7, 11) is 0. The van der Waals surface area contributed by atoms with Crippen LogP contribution < -0.4 is 5.32 Å². The van der Waals surface area contributed by atoms with Crippen LogP contribution in [0.5, 0.6) is 0 Å². The summed E-state index contributed by atoms with van der Waals surface area (Å²) < 4.78 is 0. The van der Waals surface area contributed by atoms with E-state index in [1.165, 1.54) is 0 Å². The van der Waals surface area contributed by atoms with Gasteiger partial charge < -0.3 is 10.4 Å². The number of carbonyl (C=O) groups is 2. The summed E-state index contributed by atoms with van der Waals surface area (Å²) in [5.74, 6) is -1.05. The molecule has 21 heavy (non-hydrogen) atoms. The maximum Gasteiger partial charge on any atom is 0.310 e. The Kier molecular flexibility index (Phi) is 4.88. The average Bonchev–Trinajstić information content (AvgIpc) is 2.41. The van der Waals surface area contributed by atoms with E-state index in [0.29, 0.717) is 17.9 Å². The average molecular weight is 310 g/mol. The highest BCUT2D eigenvalue weighted by molar-refractivity contribution is 6.30. The van der Waals surface area contributed by atoms with Crippen molar-refractivity contribution in [1.29, 1.82) is 0 Å². The van der Waals surface area contributed by atoms with Gasteiger partial charge >= 0.3 is 5.97 Å². The van der Waals surface area contributed by atoms with Crippen molar-refractivity contribution in [1.82, 2.24) is 5.32 Å². The van der Waals surface area contributed by atoms with Gasteiger partial charge in [-0.25, -0.2) is 0 Å². The van der Waals surface area contributed by atoms with E-state index in [9.17, 15) is 14.7 Å². The van der Waals surface area contributed by atoms with Gasteiger partial charge in [0.2, 0.25) is 5.91 Å². The van der Waals surface area contributed by atoms with E-state index in [1.807, 2.05) is 19.1 Å². The first-order chi connectivity index (χ1) is 9.97. The van der Waals surface area contributed by atoms with Crippen molar-refractivity contribution < 1.29 is 14.7 Å². The van der Waals surface area contributed by atoms with Crippen LogP contribution >= 0.6 is 11.6 Å². The first-order valence-electron chi connectivity index (χ1n) is 7.25. The van der Waals surface area contributed by atoms with Gasteiger partial charge in [0, 0.05) is 11.4 Å². The highest BCUT2D eigenvalue weighted by Crippen LogP contribution is 2.44. The van der Waals surface area contributed by atoms with Crippen molar-refractivity contribution in [2.75, 3.05) is 0 Å². The Bertz CT molecular complexity index is 523. The van der Waals surface area contributed by atoms with E-state index in [-0.39, 0.29) is 18.4 Å². The molecule has 1 amide bonds. The lowest BCUT2D eigenvalue weighted by molar-refractivity contribution is -0.157. The summed E-state index contributed by atoms with van der Waals surface area (Å²) in [4.78, 5) is 23.5. The van der Waals surface area contributed by atoms with Gasteiger partial charge in [0.25, 0.3) is 0 Å². The Hall–Kier alpha value is -1.55. The van der Waals surface area contributed by atoms with Gasteiger partial charge in [-0.3, -0.25) is 9.59 Å². The topological polar surface area (TPSA) is 66.4 Å². The Morgan fingerprint density at radius 2 is 1.95 bits per heavy atom. The fourth-order valence-electron chi connectivity index (χ4n) is 2.74. The van der Waals surface area contributed by atoms with E-state index >= 15 is 0 Å². The molecule has 114 valence electrons. The second kappa shape index (κ2) is 6.48. The number of carboxylic acid groups (broad SMARTS) is 1. The van der Waals surface area contributed by atoms with Crippen molar-refractivity contribution in [3.8, 4) is 0 Å². The van der Waals surface area contributed by atoms with Gasteiger partial charge in [0.05, 0.1) is 11.5 Å². The monoisotopic (exact) mass is 309 g/mol. The zero-order valence-electron chi connectivity index (χ0n) is 12.1. The molecule has 1 atom stereocenters. The number of hydrogen-bond donors (Lipinski definition) is 2. The van der Waals surface area contributed by atoms with Crippen molar-refractivity contribution >= 4 is 23.5 Å². The van der Waals surface area contributed by atoms with Gasteiger partial charge in [0.1, 0.15) is 0 Å². The number of nitrogens with one attached hydrogen (secondary N) is 1. The Morgan fingerprint density at radius 1 is 1.33 bits per heavy atom. The summed E-state index contributed by atoms with van der Waals surface area (Å²) >= 11 is 5.86. The predicted molar refractivity (Wildman–Crippen MR) is 81.2 cm³/mol. The molecule has 1 aromatic carbocycles. The Morgan fingerprint density at radius 3 is 2.38 bits per heavy atom. The second-order valence-electron chi connectivity index (χ2n) is 5.70. The van der Waals surface area contributed by atoms with E-state index in [4.69, 9.17) is 11.6 Å². The molecule has 0 radical (unpaired) electrons. The molecule has 0 spiro atoms. The lowest BCUT2D eigenvalue weighted by Crippen LogP contribution is -2.43. The number of carbonyl (C=O) groups excluding carboxylic acids is 1. The molecule has 1 saturated carbocycles. The fraction of sp³-hybridized carbons (Fsp3) is 0.500. The SMILES string of the molecule is CCC(NC(=O)CC1(C(=O)O)CCC1)c1ccc(Cl)cc1. The molecule has 1 fully saturated rings. The third-order valence-electron chi connectivity index (χ3n) is 4.28. The first kappa shape index (κ1) is 15.8. The second-order valence-corrected chi connectivity index (χ2v) is 6.13. The number of amides is 1. The zero-order chi connectivity index (χ0) is 15.5. The third-order valence-corrected chi connectivity index (χ3v) is 4.53. The van der Waals surface area contributed by atoms with Gasteiger partial charge in [0.15, 0.2) is 0 Å². The van der Waals surface area contributed by atoms with Gasteiger partial charge in [-0.15, -0.1) is 0 Å². The minimum absolute atomic E-state index is 0.0619. The summed E-state index contributed by atoms with van der Waals surface area (Å²) in [6.45, 7) is 1.98. The van der Waals surface area contributed by atoms with Gasteiger partial charge in [-0.2, -0.15) is 0 Å². The van der Waals surface area contributed by atoms with Crippen LogP contribution in [0.2, 0.25) is 5.02 Å². The molecule has 0 aliphatic heterocycles. The molecule has 4 nitrogen and oxygen atoms in total. The van der Waals surface area contributed by atoms with E-state index < -0.39 is 11.4 Å². The van der Waals surface area contributed by atoms with Gasteiger partial charge in [-0.1, -0.05) is 37.1 Å². The minimum Gasteiger partial charge on any atom is -0.481 e. The Labute approximate surface area is 129 Å². The summed E-state index contributed by atoms with van der Waals surface area (Å²) in [6, 6.07) is 7.23. The van der Waals surface area contributed by atoms with Crippen molar-refractivity contribution in [2.45, 2.75) is 45.1 Å². The van der Waals surface area contributed by atoms with E-state index in [2.05, 4.69) is 5.32 Å². The quantitative estimate of drug-likeness (QED) is 0.844. The molecule has 1 aliphatic rings. The van der Waals surface area contributed by atoms with Crippen LogP contribution in [0.4, 0.5) is 0 Å². The molecular formula is C16H20ClNO3. The molecule has 0 saturated heterocycles. The summed E-state index contributed by atoms with van der Waals surface area (Å²) in [5, 5.41) is 12.9. The molecular weight excluding hydrogens is 290 g/mol. The smallest absolute Gasteiger partial charge is 0.310 e. The molecule has 1 aliphatic carbocycles. The van der Waals surface area contributed by atoms with Crippen LogP contribution in [-0.2, 0) is 9.59 Å². The fourth-order valence-corrected chi connectivity index (χ4v) is 2.86. The van der Waals surface area contributed by atoms with Crippen LogP contribution in [0.3, 0.4) is 0 Å². The molecule has 2 rings (SSSR count). The lowest BCUT2D eigenvalue weighted by atomic mass is 9.66. The lowest BCUT2D eigenvalue weighted by Gasteiger charge is -2.37. The molecule has 2 N–H and O–H groups in total. The largest absolute Gasteiger partial charge is 0.481 e. The number of hydrogen-bond acceptors (Lipinski definition) is 2. The van der Waals surface area contributed by atoms with E-state index in [1.54, 1.807) is 12.1 Å². The van der Waals surface area contributed by atoms with Crippen LogP contribution in [-0.4, -0.2) is 17.0 Å². The first-order valence-corrected chi connectivity index (χ1v) is 7.63. The third kappa shape index (κ3) is 3.56. The van der Waals surface area contributed by atoms with Crippen LogP contribution in [0.25, 0.3) is 0 Å².